The van der Waals surface area contributed by atoms with Gasteiger partial charge in [0.2, 0.25) is 0 Å². The van der Waals surface area contributed by atoms with Crippen molar-refractivity contribution >= 4 is 11.6 Å². The van der Waals surface area contributed by atoms with Crippen molar-refractivity contribution in [2.75, 3.05) is 18.4 Å². The lowest BCUT2D eigenvalue weighted by molar-refractivity contribution is -0.144. The van der Waals surface area contributed by atoms with E-state index < -0.39 is 18.6 Å². The molecule has 1 atom stereocenters. The number of amides is 1. The van der Waals surface area contributed by atoms with E-state index in [2.05, 4.69) is 11.4 Å². The number of carbonyl (C=O) groups is 1. The molecule has 1 aromatic carbocycles. The SMILES string of the molecule is NC(=O)C1=C2Nc3cc[c]cc3C2CCN1CC(F)(F)F. The van der Waals surface area contributed by atoms with Crippen LogP contribution in [0.4, 0.5) is 18.9 Å². The quantitative estimate of drug-likeness (QED) is 0.877. The number of primary amides is 1. The Morgan fingerprint density at radius 2 is 2.29 bits per heavy atom. The summed E-state index contributed by atoms with van der Waals surface area (Å²) in [6.45, 7) is -1.03. The molecule has 1 unspecified atom stereocenters. The van der Waals surface area contributed by atoms with Gasteiger partial charge in [0, 0.05) is 18.2 Å². The molecule has 3 rings (SSSR count). The van der Waals surface area contributed by atoms with Crippen molar-refractivity contribution in [3.8, 4) is 0 Å². The second-order valence-corrected chi connectivity index (χ2v) is 5.14. The maximum atomic E-state index is 12.6. The van der Waals surface area contributed by atoms with Crippen molar-refractivity contribution in [2.24, 2.45) is 5.73 Å². The summed E-state index contributed by atoms with van der Waals surface area (Å²) in [5.41, 5.74) is 7.44. The first-order valence-electron chi connectivity index (χ1n) is 6.49. The molecule has 111 valence electrons. The largest absolute Gasteiger partial charge is 0.405 e. The number of benzene rings is 1. The number of halogens is 3. The van der Waals surface area contributed by atoms with E-state index in [9.17, 15) is 18.0 Å². The fourth-order valence-corrected chi connectivity index (χ4v) is 2.99. The molecule has 0 saturated heterocycles. The second-order valence-electron chi connectivity index (χ2n) is 5.14. The van der Waals surface area contributed by atoms with Gasteiger partial charge in [0.25, 0.3) is 5.91 Å². The van der Waals surface area contributed by atoms with Crippen molar-refractivity contribution in [3.05, 3.63) is 41.2 Å². The van der Waals surface area contributed by atoms with Gasteiger partial charge in [-0.1, -0.05) is 6.07 Å². The molecule has 7 heteroatoms. The number of hydrogen-bond donors (Lipinski definition) is 2. The van der Waals surface area contributed by atoms with Crippen LogP contribution in [-0.2, 0) is 4.79 Å². The normalized spacial score (nSPS) is 20.9. The molecule has 2 aliphatic rings. The molecule has 0 bridgehead atoms. The predicted octanol–water partition coefficient (Wildman–Crippen LogP) is 1.96. The summed E-state index contributed by atoms with van der Waals surface area (Å²) in [6.07, 6.45) is -3.88. The molecule has 21 heavy (non-hydrogen) atoms. The minimum atomic E-state index is -4.38. The van der Waals surface area contributed by atoms with Gasteiger partial charge in [0.1, 0.15) is 12.2 Å². The summed E-state index contributed by atoms with van der Waals surface area (Å²) in [4.78, 5) is 12.7. The van der Waals surface area contributed by atoms with Crippen molar-refractivity contribution in [3.63, 3.8) is 0 Å². The van der Waals surface area contributed by atoms with E-state index in [1.165, 1.54) is 0 Å². The van der Waals surface area contributed by atoms with Gasteiger partial charge in [-0.05, 0) is 30.2 Å². The van der Waals surface area contributed by atoms with E-state index in [0.717, 1.165) is 16.2 Å². The van der Waals surface area contributed by atoms with Crippen LogP contribution in [0.3, 0.4) is 0 Å². The monoisotopic (exact) mass is 296 g/mol. The summed E-state index contributed by atoms with van der Waals surface area (Å²) in [6, 6.07) is 8.23. The van der Waals surface area contributed by atoms with Crippen molar-refractivity contribution in [1.82, 2.24) is 4.90 Å². The molecule has 2 heterocycles. The van der Waals surface area contributed by atoms with E-state index in [4.69, 9.17) is 5.73 Å². The number of alkyl halides is 3. The van der Waals surface area contributed by atoms with Gasteiger partial charge < -0.3 is 16.0 Å². The highest BCUT2D eigenvalue weighted by molar-refractivity contribution is 5.94. The summed E-state index contributed by atoms with van der Waals surface area (Å²) in [7, 11) is 0. The maximum absolute atomic E-state index is 12.6. The number of nitrogens with zero attached hydrogens (tertiary/aromatic N) is 1. The summed E-state index contributed by atoms with van der Waals surface area (Å²) in [5.74, 6) is -0.965. The highest BCUT2D eigenvalue weighted by Gasteiger charge is 2.40. The van der Waals surface area contributed by atoms with Gasteiger partial charge in [0.05, 0.1) is 5.70 Å². The molecule has 2 aliphatic heterocycles. The third kappa shape index (κ3) is 2.43. The molecule has 4 nitrogen and oxygen atoms in total. The number of nitrogens with two attached hydrogens (primary N) is 1. The van der Waals surface area contributed by atoms with E-state index in [0.29, 0.717) is 12.1 Å². The van der Waals surface area contributed by atoms with Crippen LogP contribution in [0, 0.1) is 6.07 Å². The first-order valence-corrected chi connectivity index (χ1v) is 6.49. The minimum absolute atomic E-state index is 0.0697. The fourth-order valence-electron chi connectivity index (χ4n) is 2.99. The zero-order valence-corrected chi connectivity index (χ0v) is 11.0. The number of rotatable bonds is 2. The first-order chi connectivity index (χ1) is 9.87. The van der Waals surface area contributed by atoms with Crippen molar-refractivity contribution in [1.29, 1.82) is 0 Å². The average molecular weight is 296 g/mol. The Kier molecular flexibility index (Phi) is 3.07. The molecule has 1 aromatic rings. The third-order valence-electron chi connectivity index (χ3n) is 3.75. The van der Waals surface area contributed by atoms with Gasteiger partial charge in [-0.15, -0.1) is 0 Å². The number of fused-ring (bicyclic) bond motifs is 3. The van der Waals surface area contributed by atoms with Crippen LogP contribution in [-0.4, -0.2) is 30.1 Å². The number of hydrogen-bond acceptors (Lipinski definition) is 3. The standard InChI is InChI=1S/C14H13F3N3O/c15-14(16,17)7-20-6-5-9-8-3-1-2-4-10(8)19-11(9)12(20)13(18)21/h2-4,9,19H,5-7H2,(H2,18,21). The van der Waals surface area contributed by atoms with Crippen LogP contribution in [0.25, 0.3) is 0 Å². The summed E-state index contributed by atoms with van der Waals surface area (Å²) >= 11 is 0. The lowest BCUT2D eigenvalue weighted by atomic mass is 9.90. The average Bonchev–Trinajstić information content (AvgIpc) is 2.74. The predicted molar refractivity (Wildman–Crippen MR) is 70.1 cm³/mol. The number of nitrogens with one attached hydrogen (secondary N) is 1. The Hall–Kier alpha value is -2.18. The molecule has 3 N–H and O–H groups in total. The molecule has 0 aliphatic carbocycles. The first kappa shape index (κ1) is 13.8. The van der Waals surface area contributed by atoms with Gasteiger partial charge in [-0.2, -0.15) is 13.2 Å². The van der Waals surface area contributed by atoms with Crippen LogP contribution >= 0.6 is 0 Å². The maximum Gasteiger partial charge on any atom is 0.405 e. The molecule has 0 aromatic heterocycles. The zero-order chi connectivity index (χ0) is 15.2. The van der Waals surface area contributed by atoms with Gasteiger partial charge in [-0.25, -0.2) is 0 Å². The molecule has 0 saturated carbocycles. The summed E-state index contributed by atoms with van der Waals surface area (Å²) in [5, 5.41) is 3.03. The lowest BCUT2D eigenvalue weighted by Gasteiger charge is -2.34. The Balaban J connectivity index is 2.02. The molecular formula is C14H13F3N3O. The van der Waals surface area contributed by atoms with E-state index >= 15 is 0 Å². The Labute approximate surface area is 119 Å². The number of anilines is 1. The van der Waals surface area contributed by atoms with Crippen LogP contribution in [0.2, 0.25) is 0 Å². The highest BCUT2D eigenvalue weighted by Crippen LogP contribution is 2.44. The molecule has 0 spiro atoms. The van der Waals surface area contributed by atoms with E-state index in [1.807, 2.05) is 0 Å². The van der Waals surface area contributed by atoms with Gasteiger partial charge >= 0.3 is 6.18 Å². The van der Waals surface area contributed by atoms with E-state index in [1.54, 1.807) is 18.2 Å². The second kappa shape index (κ2) is 4.68. The topological polar surface area (TPSA) is 58.4 Å². The molecule has 1 radical (unpaired) electrons. The Morgan fingerprint density at radius 1 is 1.52 bits per heavy atom. The molecule has 1 amide bonds. The molecular weight excluding hydrogens is 283 g/mol. The van der Waals surface area contributed by atoms with Crippen molar-refractivity contribution in [2.45, 2.75) is 18.5 Å². The van der Waals surface area contributed by atoms with Gasteiger partial charge in [-0.3, -0.25) is 4.79 Å². The lowest BCUT2D eigenvalue weighted by Crippen LogP contribution is -2.43. The van der Waals surface area contributed by atoms with E-state index in [-0.39, 0.29) is 18.2 Å². The minimum Gasteiger partial charge on any atom is -0.364 e. The van der Waals surface area contributed by atoms with Gasteiger partial charge in [0.15, 0.2) is 0 Å². The third-order valence-corrected chi connectivity index (χ3v) is 3.75. The fraction of sp³-hybridized carbons (Fsp3) is 0.357. The van der Waals surface area contributed by atoms with Crippen LogP contribution in [0.15, 0.2) is 29.6 Å². The number of carbonyl (C=O) groups excluding carboxylic acids is 1. The van der Waals surface area contributed by atoms with Crippen LogP contribution in [0.1, 0.15) is 17.9 Å². The van der Waals surface area contributed by atoms with Crippen LogP contribution in [0.5, 0.6) is 0 Å². The van der Waals surface area contributed by atoms with Crippen LogP contribution < -0.4 is 11.1 Å². The smallest absolute Gasteiger partial charge is 0.364 e. The van der Waals surface area contributed by atoms with Crippen molar-refractivity contribution < 1.29 is 18.0 Å². The highest BCUT2D eigenvalue weighted by atomic mass is 19.4. The molecule has 0 fully saturated rings. The zero-order valence-electron chi connectivity index (χ0n) is 11.0. The number of allylic oxidation sites excluding steroid dienone is 1. The Morgan fingerprint density at radius 3 is 2.95 bits per heavy atom. The Bertz CT molecular complexity index is 624. The summed E-state index contributed by atoms with van der Waals surface area (Å²) < 4.78 is 37.9.